The Labute approximate surface area is 178 Å². The van der Waals surface area contributed by atoms with E-state index in [4.69, 9.17) is 4.74 Å². The third-order valence-corrected chi connectivity index (χ3v) is 6.68. The molecule has 0 aliphatic carbocycles. The lowest BCUT2D eigenvalue weighted by atomic mass is 9.87. The van der Waals surface area contributed by atoms with Crippen LogP contribution in [0.15, 0.2) is 30.3 Å². The molecule has 2 bridgehead atoms. The summed E-state index contributed by atoms with van der Waals surface area (Å²) >= 11 is 0. The molecule has 1 aromatic carbocycles. The minimum absolute atomic E-state index is 0.0130. The van der Waals surface area contributed by atoms with Gasteiger partial charge in [-0.2, -0.15) is 0 Å². The van der Waals surface area contributed by atoms with E-state index in [1.807, 2.05) is 14.0 Å². The van der Waals surface area contributed by atoms with Crippen molar-refractivity contribution in [1.82, 2.24) is 35.3 Å². The number of hydrogen-bond donors (Lipinski definition) is 1. The van der Waals surface area contributed by atoms with Crippen molar-refractivity contribution in [2.45, 2.75) is 57.0 Å². The number of aromatic nitrogens is 6. The number of hydrogen-bond acceptors (Lipinski definition) is 8. The highest BCUT2D eigenvalue weighted by atomic mass is 19.1. The molecule has 0 amide bonds. The Kier molecular flexibility index (Phi) is 4.62. The van der Waals surface area contributed by atoms with Gasteiger partial charge in [-0.1, -0.05) is 0 Å². The highest BCUT2D eigenvalue weighted by Crippen LogP contribution is 2.45. The average Bonchev–Trinajstić information content (AvgIpc) is 3.28. The summed E-state index contributed by atoms with van der Waals surface area (Å²) in [5.41, 5.74) is 1.07. The molecule has 162 valence electrons. The molecular weight excluding hydrogens is 401 g/mol. The fourth-order valence-corrected chi connectivity index (χ4v) is 4.69. The van der Waals surface area contributed by atoms with E-state index >= 15 is 4.39 Å². The first-order valence-electron chi connectivity index (χ1n) is 10.3. The Morgan fingerprint density at radius 2 is 2.03 bits per heavy atom. The van der Waals surface area contributed by atoms with E-state index in [-0.39, 0.29) is 11.6 Å². The number of piperidine rings is 1. The molecule has 2 aliphatic rings. The quantitative estimate of drug-likeness (QED) is 0.680. The maximum Gasteiger partial charge on any atom is 0.233 e. The van der Waals surface area contributed by atoms with Crippen LogP contribution in [0, 0.1) is 6.92 Å². The van der Waals surface area contributed by atoms with E-state index in [0.29, 0.717) is 35.2 Å². The van der Waals surface area contributed by atoms with Crippen molar-refractivity contribution in [3.8, 4) is 28.6 Å². The topological polar surface area (TPSA) is 102 Å². The van der Waals surface area contributed by atoms with Gasteiger partial charge in [0.2, 0.25) is 5.88 Å². The summed E-state index contributed by atoms with van der Waals surface area (Å²) in [4.78, 5) is 3.49. The Morgan fingerprint density at radius 1 is 1.19 bits per heavy atom. The van der Waals surface area contributed by atoms with Crippen LogP contribution in [0.3, 0.4) is 0 Å². The van der Waals surface area contributed by atoms with Crippen molar-refractivity contribution < 1.29 is 14.2 Å². The molecule has 0 spiro atoms. The van der Waals surface area contributed by atoms with Gasteiger partial charge in [0.05, 0.1) is 16.9 Å². The van der Waals surface area contributed by atoms with Gasteiger partial charge in [0, 0.05) is 30.2 Å². The van der Waals surface area contributed by atoms with Gasteiger partial charge in [0.25, 0.3) is 0 Å². The van der Waals surface area contributed by atoms with Gasteiger partial charge in [0.1, 0.15) is 11.9 Å². The number of fused-ring (bicyclic) bond motifs is 2. The predicted octanol–water partition coefficient (Wildman–Crippen LogP) is 2.48. The SMILES string of the molecule is Cc1nnn(-c2ccc(-c3ccc(O[C@@H]4C[C@H]5CC[C@@](C)([C@H]4F)N5C)nn3)c(O)c2)n1. The highest BCUT2D eigenvalue weighted by Gasteiger charge is 2.55. The largest absolute Gasteiger partial charge is 0.507 e. The first kappa shape index (κ1) is 19.8. The second-order valence-electron chi connectivity index (χ2n) is 8.54. The summed E-state index contributed by atoms with van der Waals surface area (Å²) < 4.78 is 21.1. The van der Waals surface area contributed by atoms with Crippen LogP contribution in [0.2, 0.25) is 0 Å². The van der Waals surface area contributed by atoms with E-state index in [2.05, 4.69) is 30.5 Å². The van der Waals surface area contributed by atoms with Crippen molar-refractivity contribution in [3.63, 3.8) is 0 Å². The lowest BCUT2D eigenvalue weighted by molar-refractivity contribution is -0.0596. The summed E-state index contributed by atoms with van der Waals surface area (Å²) in [5, 5.41) is 30.6. The number of benzene rings is 1. The molecule has 2 aromatic heterocycles. The van der Waals surface area contributed by atoms with Crippen molar-refractivity contribution in [2.75, 3.05) is 7.05 Å². The highest BCUT2D eigenvalue weighted by molar-refractivity contribution is 5.68. The van der Waals surface area contributed by atoms with Gasteiger partial charge in [-0.15, -0.1) is 25.2 Å². The van der Waals surface area contributed by atoms with Gasteiger partial charge >= 0.3 is 0 Å². The number of aryl methyl sites for hydroxylation is 1. The number of alkyl halides is 1. The van der Waals surface area contributed by atoms with Crippen LogP contribution in [0.4, 0.5) is 4.39 Å². The van der Waals surface area contributed by atoms with E-state index in [1.165, 1.54) is 10.9 Å². The summed E-state index contributed by atoms with van der Waals surface area (Å²) in [6.45, 7) is 3.70. The third-order valence-electron chi connectivity index (χ3n) is 6.68. The zero-order valence-electron chi connectivity index (χ0n) is 17.6. The Morgan fingerprint density at radius 3 is 2.71 bits per heavy atom. The number of halogens is 1. The maximum atomic E-state index is 15.2. The smallest absolute Gasteiger partial charge is 0.233 e. The predicted molar refractivity (Wildman–Crippen MR) is 110 cm³/mol. The molecule has 4 heterocycles. The summed E-state index contributed by atoms with van der Waals surface area (Å²) in [6, 6.07) is 8.69. The number of tetrazole rings is 1. The van der Waals surface area contributed by atoms with E-state index in [1.54, 1.807) is 31.2 Å². The van der Waals surface area contributed by atoms with Crippen LogP contribution < -0.4 is 4.74 Å². The molecule has 5 rings (SSSR count). The van der Waals surface area contributed by atoms with Crippen LogP contribution in [-0.4, -0.2) is 71.3 Å². The van der Waals surface area contributed by atoms with Crippen molar-refractivity contribution in [3.05, 3.63) is 36.2 Å². The van der Waals surface area contributed by atoms with Gasteiger partial charge in [-0.3, -0.25) is 4.90 Å². The molecule has 2 aliphatic heterocycles. The van der Waals surface area contributed by atoms with Gasteiger partial charge in [-0.05, 0) is 57.1 Å². The van der Waals surface area contributed by atoms with E-state index in [9.17, 15) is 5.11 Å². The molecular formula is C21H24FN7O2. The van der Waals surface area contributed by atoms with Gasteiger partial charge < -0.3 is 9.84 Å². The normalized spacial score (nSPS) is 28.1. The number of aromatic hydroxyl groups is 1. The van der Waals surface area contributed by atoms with Crippen molar-refractivity contribution in [1.29, 1.82) is 0 Å². The van der Waals surface area contributed by atoms with Crippen LogP contribution in [0.5, 0.6) is 11.6 Å². The average molecular weight is 425 g/mol. The Bertz CT molecular complexity index is 1110. The molecule has 0 unspecified atom stereocenters. The third kappa shape index (κ3) is 3.31. The molecule has 9 nitrogen and oxygen atoms in total. The lowest BCUT2D eigenvalue weighted by Gasteiger charge is -2.45. The monoisotopic (exact) mass is 425 g/mol. The summed E-state index contributed by atoms with van der Waals surface area (Å²) in [5.74, 6) is 0.827. The molecule has 10 heteroatoms. The van der Waals surface area contributed by atoms with Crippen molar-refractivity contribution in [2.24, 2.45) is 0 Å². The minimum atomic E-state index is -1.09. The summed E-state index contributed by atoms with van der Waals surface area (Å²) in [6.07, 6.45) is 0.813. The molecule has 31 heavy (non-hydrogen) atoms. The van der Waals surface area contributed by atoms with Gasteiger partial charge in [-0.25, -0.2) is 4.39 Å². The van der Waals surface area contributed by atoms with Crippen molar-refractivity contribution >= 4 is 0 Å². The standard InChI is InChI=1S/C21H24FN7O2/c1-12-23-27-29(26-12)14-4-5-15(17(30)10-14)16-6-7-19(25-24-16)31-18-11-13-8-9-21(2,20(18)22)28(13)3/h4-7,10,13,18,20,30H,8-9,11H2,1-3H3/t13-,18-,20+,21+/m1/s1. The van der Waals surface area contributed by atoms with E-state index < -0.39 is 17.8 Å². The molecule has 4 atom stereocenters. The molecule has 0 saturated carbocycles. The fraction of sp³-hybridized carbons (Fsp3) is 0.476. The number of phenolic OH excluding ortho intramolecular Hbond substituents is 1. The molecule has 2 fully saturated rings. The van der Waals surface area contributed by atoms with E-state index in [0.717, 1.165) is 12.8 Å². The fourth-order valence-electron chi connectivity index (χ4n) is 4.69. The Balaban J connectivity index is 1.33. The zero-order chi connectivity index (χ0) is 21.8. The Hall–Kier alpha value is -3.14. The second kappa shape index (κ2) is 7.23. The molecule has 0 radical (unpaired) electrons. The van der Waals surface area contributed by atoms with Gasteiger partial charge in [0.15, 0.2) is 12.0 Å². The van der Waals surface area contributed by atoms with Crippen LogP contribution in [0.25, 0.3) is 16.9 Å². The second-order valence-corrected chi connectivity index (χ2v) is 8.54. The van der Waals surface area contributed by atoms with Crippen LogP contribution >= 0.6 is 0 Å². The minimum Gasteiger partial charge on any atom is -0.507 e. The first-order valence-corrected chi connectivity index (χ1v) is 10.3. The number of rotatable bonds is 4. The summed E-state index contributed by atoms with van der Waals surface area (Å²) in [7, 11) is 1.99. The molecule has 2 saturated heterocycles. The molecule has 1 N–H and O–H groups in total. The zero-order valence-corrected chi connectivity index (χ0v) is 17.6. The first-order chi connectivity index (χ1) is 14.8. The molecule has 3 aromatic rings. The number of phenols is 1. The van der Waals surface area contributed by atoms with Crippen LogP contribution in [0.1, 0.15) is 32.0 Å². The number of ether oxygens (including phenoxy) is 1. The van der Waals surface area contributed by atoms with Crippen LogP contribution in [-0.2, 0) is 0 Å². The maximum absolute atomic E-state index is 15.2. The number of nitrogens with zero attached hydrogens (tertiary/aromatic N) is 7. The lowest BCUT2D eigenvalue weighted by Crippen LogP contribution is -2.60.